The average Bonchev–Trinajstić information content (AvgIpc) is 2.27. The predicted molar refractivity (Wildman–Crippen MR) is 69.5 cm³/mol. The van der Waals surface area contributed by atoms with Crippen molar-refractivity contribution >= 4 is 5.78 Å². The van der Waals surface area contributed by atoms with Gasteiger partial charge in [-0.1, -0.05) is 34.6 Å². The molecule has 0 fully saturated rings. The third kappa shape index (κ3) is 6.96. The lowest BCUT2D eigenvalue weighted by Gasteiger charge is -2.25. The zero-order chi connectivity index (χ0) is 13.4. The van der Waals surface area contributed by atoms with Crippen molar-refractivity contribution in [3.63, 3.8) is 0 Å². The molecule has 0 rings (SSSR count). The Kier molecular flexibility index (Phi) is 9.78. The number of carbonyl (C=O) groups is 1. The zero-order valence-electron chi connectivity index (χ0n) is 12.0. The summed E-state index contributed by atoms with van der Waals surface area (Å²) in [6, 6.07) is -0.493. The van der Waals surface area contributed by atoms with Crippen LogP contribution in [0.5, 0.6) is 0 Å². The number of hydrogen-bond acceptors (Lipinski definition) is 3. The standard InChI is InChI=1S/C11H23NO2.C2H6/c1-6-11(4,5)10(13)9(12)7-14-8(2)3;1-2/h8-9H,6-7,12H2,1-5H3;1-2H3. The van der Waals surface area contributed by atoms with E-state index in [0.29, 0.717) is 6.61 Å². The summed E-state index contributed by atoms with van der Waals surface area (Å²) in [5.41, 5.74) is 5.42. The molecule has 16 heavy (non-hydrogen) atoms. The van der Waals surface area contributed by atoms with E-state index in [-0.39, 0.29) is 17.3 Å². The second kappa shape index (κ2) is 8.71. The number of rotatable bonds is 6. The fourth-order valence-electron chi connectivity index (χ4n) is 1.05. The van der Waals surface area contributed by atoms with Gasteiger partial charge in [0.05, 0.1) is 18.8 Å². The fourth-order valence-corrected chi connectivity index (χ4v) is 1.05. The number of ketones is 1. The molecule has 0 saturated heterocycles. The summed E-state index contributed by atoms with van der Waals surface area (Å²) in [5, 5.41) is 0. The molecule has 2 N–H and O–H groups in total. The number of ether oxygens (including phenoxy) is 1. The summed E-state index contributed by atoms with van der Waals surface area (Å²) in [4.78, 5) is 11.8. The van der Waals surface area contributed by atoms with Crippen molar-refractivity contribution in [2.45, 2.75) is 67.0 Å². The molecule has 0 heterocycles. The van der Waals surface area contributed by atoms with Gasteiger partial charge >= 0.3 is 0 Å². The van der Waals surface area contributed by atoms with Gasteiger partial charge in [0.15, 0.2) is 5.78 Å². The topological polar surface area (TPSA) is 52.3 Å². The molecule has 3 heteroatoms. The highest BCUT2D eigenvalue weighted by Crippen LogP contribution is 2.22. The van der Waals surface area contributed by atoms with Gasteiger partial charge in [-0.3, -0.25) is 4.79 Å². The number of hydrogen-bond donors (Lipinski definition) is 1. The first-order valence-corrected chi connectivity index (χ1v) is 6.22. The maximum Gasteiger partial charge on any atom is 0.157 e. The van der Waals surface area contributed by atoms with E-state index in [1.807, 2.05) is 48.5 Å². The van der Waals surface area contributed by atoms with Crippen molar-refractivity contribution in [3.8, 4) is 0 Å². The van der Waals surface area contributed by atoms with Crippen LogP contribution in [0.4, 0.5) is 0 Å². The third-order valence-corrected chi connectivity index (χ3v) is 2.50. The average molecular weight is 231 g/mol. The normalized spacial score (nSPS) is 13.1. The highest BCUT2D eigenvalue weighted by Gasteiger charge is 2.30. The van der Waals surface area contributed by atoms with Crippen LogP contribution >= 0.6 is 0 Å². The van der Waals surface area contributed by atoms with Crippen LogP contribution in [0.15, 0.2) is 0 Å². The lowest BCUT2D eigenvalue weighted by atomic mass is 9.82. The van der Waals surface area contributed by atoms with Crippen molar-refractivity contribution in [2.24, 2.45) is 11.1 Å². The summed E-state index contributed by atoms with van der Waals surface area (Å²) in [6.07, 6.45) is 0.930. The largest absolute Gasteiger partial charge is 0.377 e. The van der Waals surface area contributed by atoms with Crippen molar-refractivity contribution in [3.05, 3.63) is 0 Å². The third-order valence-electron chi connectivity index (χ3n) is 2.50. The second-order valence-corrected chi connectivity index (χ2v) is 4.59. The van der Waals surface area contributed by atoms with Crippen molar-refractivity contribution < 1.29 is 9.53 Å². The minimum absolute atomic E-state index is 0.0839. The highest BCUT2D eigenvalue weighted by atomic mass is 16.5. The summed E-state index contributed by atoms with van der Waals surface area (Å²) in [6.45, 7) is 14.0. The lowest BCUT2D eigenvalue weighted by molar-refractivity contribution is -0.130. The Hall–Kier alpha value is -0.410. The molecule has 0 amide bonds. The predicted octanol–water partition coefficient (Wildman–Crippen LogP) is 2.77. The molecule has 0 aromatic heterocycles. The van der Waals surface area contributed by atoms with Gasteiger partial charge in [0.1, 0.15) is 0 Å². The van der Waals surface area contributed by atoms with Crippen LogP contribution in [0.25, 0.3) is 0 Å². The van der Waals surface area contributed by atoms with Crippen LogP contribution in [0, 0.1) is 5.41 Å². The van der Waals surface area contributed by atoms with Gasteiger partial charge < -0.3 is 10.5 Å². The van der Waals surface area contributed by atoms with Gasteiger partial charge in [-0.05, 0) is 20.3 Å². The van der Waals surface area contributed by atoms with E-state index in [1.54, 1.807) is 0 Å². The van der Waals surface area contributed by atoms with Crippen LogP contribution < -0.4 is 5.73 Å². The zero-order valence-corrected chi connectivity index (χ0v) is 12.0. The lowest BCUT2D eigenvalue weighted by Crippen LogP contribution is -2.43. The van der Waals surface area contributed by atoms with Crippen LogP contribution in [-0.4, -0.2) is 24.5 Å². The fraction of sp³-hybridized carbons (Fsp3) is 0.923. The highest BCUT2D eigenvalue weighted by molar-refractivity contribution is 5.88. The molecule has 0 radical (unpaired) electrons. The molecule has 0 aliphatic carbocycles. The Morgan fingerprint density at radius 1 is 1.31 bits per heavy atom. The monoisotopic (exact) mass is 231 g/mol. The van der Waals surface area contributed by atoms with Crippen LogP contribution in [0.2, 0.25) is 0 Å². The molecule has 0 spiro atoms. The van der Waals surface area contributed by atoms with Crippen molar-refractivity contribution in [2.75, 3.05) is 6.61 Å². The molecule has 3 nitrogen and oxygen atoms in total. The molecule has 0 aromatic carbocycles. The first kappa shape index (κ1) is 18.0. The summed E-state index contributed by atoms with van der Waals surface area (Å²) < 4.78 is 5.32. The van der Waals surface area contributed by atoms with E-state index >= 15 is 0 Å². The van der Waals surface area contributed by atoms with E-state index in [2.05, 4.69) is 0 Å². The molecule has 0 bridgehead atoms. The molecule has 0 aliphatic rings. The van der Waals surface area contributed by atoms with Crippen LogP contribution in [0.1, 0.15) is 54.9 Å². The van der Waals surface area contributed by atoms with Gasteiger partial charge in [-0.25, -0.2) is 0 Å². The number of carbonyl (C=O) groups excluding carboxylic acids is 1. The SMILES string of the molecule is CC.CCC(C)(C)C(=O)C(N)COC(C)C. The number of nitrogens with two attached hydrogens (primary N) is 1. The first-order valence-electron chi connectivity index (χ1n) is 6.22. The number of Topliss-reactive ketones (excluding diaryl/α,β-unsaturated/α-hetero) is 1. The Morgan fingerprint density at radius 3 is 2.06 bits per heavy atom. The molecular weight excluding hydrogens is 202 g/mol. The quantitative estimate of drug-likeness (QED) is 0.764. The van der Waals surface area contributed by atoms with Crippen LogP contribution in [0.3, 0.4) is 0 Å². The Labute approximate surface area is 101 Å². The summed E-state index contributed by atoms with van der Waals surface area (Å²) in [5.74, 6) is 0.0839. The molecule has 0 aromatic rings. The van der Waals surface area contributed by atoms with Crippen LogP contribution in [-0.2, 0) is 9.53 Å². The van der Waals surface area contributed by atoms with E-state index in [9.17, 15) is 4.79 Å². The summed E-state index contributed by atoms with van der Waals surface area (Å²) >= 11 is 0. The molecular formula is C13H29NO2. The molecule has 98 valence electrons. The van der Waals surface area contributed by atoms with E-state index in [0.717, 1.165) is 6.42 Å². The second-order valence-electron chi connectivity index (χ2n) is 4.59. The van der Waals surface area contributed by atoms with E-state index < -0.39 is 6.04 Å². The van der Waals surface area contributed by atoms with Crippen molar-refractivity contribution in [1.82, 2.24) is 0 Å². The smallest absolute Gasteiger partial charge is 0.157 e. The molecule has 0 saturated carbocycles. The van der Waals surface area contributed by atoms with Gasteiger partial charge in [0.25, 0.3) is 0 Å². The van der Waals surface area contributed by atoms with Crippen molar-refractivity contribution in [1.29, 1.82) is 0 Å². The van der Waals surface area contributed by atoms with Gasteiger partial charge in [-0.15, -0.1) is 0 Å². The summed E-state index contributed by atoms with van der Waals surface area (Å²) in [7, 11) is 0. The Bertz CT molecular complexity index is 188. The van der Waals surface area contributed by atoms with Gasteiger partial charge in [0.2, 0.25) is 0 Å². The van der Waals surface area contributed by atoms with E-state index in [1.165, 1.54) is 0 Å². The minimum atomic E-state index is -0.493. The Morgan fingerprint density at radius 2 is 1.75 bits per heavy atom. The maximum atomic E-state index is 11.8. The molecule has 1 atom stereocenters. The van der Waals surface area contributed by atoms with E-state index in [4.69, 9.17) is 10.5 Å². The molecule has 1 unspecified atom stereocenters. The molecule has 0 aliphatic heterocycles. The minimum Gasteiger partial charge on any atom is -0.377 e. The maximum absolute atomic E-state index is 11.8. The Balaban J connectivity index is 0. The van der Waals surface area contributed by atoms with Gasteiger partial charge in [-0.2, -0.15) is 0 Å². The first-order chi connectivity index (χ1) is 7.31. The van der Waals surface area contributed by atoms with Gasteiger partial charge in [0, 0.05) is 5.41 Å².